The van der Waals surface area contributed by atoms with Gasteiger partial charge < -0.3 is 9.67 Å². The molecule has 1 N–H and O–H groups in total. The molecule has 6 heteroatoms. The minimum atomic E-state index is -0.653. The summed E-state index contributed by atoms with van der Waals surface area (Å²) in [5, 5.41) is 17.2. The Bertz CT molecular complexity index is 431. The van der Waals surface area contributed by atoms with E-state index in [0.717, 1.165) is 44.7 Å². The zero-order valence-corrected chi connectivity index (χ0v) is 9.62. The summed E-state index contributed by atoms with van der Waals surface area (Å²) < 4.78 is 2.04. The van der Waals surface area contributed by atoms with Gasteiger partial charge in [-0.3, -0.25) is 9.69 Å². The van der Waals surface area contributed by atoms with E-state index in [1.165, 1.54) is 0 Å². The van der Waals surface area contributed by atoms with Crippen LogP contribution in [0.5, 0.6) is 0 Å². The van der Waals surface area contributed by atoms with Gasteiger partial charge in [-0.25, -0.2) is 0 Å². The van der Waals surface area contributed by atoms with E-state index >= 15 is 0 Å². The first-order valence-electron chi connectivity index (χ1n) is 6.09. The molecule has 92 valence electrons. The Balaban J connectivity index is 1.76. The predicted octanol–water partition coefficient (Wildman–Crippen LogP) is 0.347. The quantitative estimate of drug-likeness (QED) is 0.802. The van der Waals surface area contributed by atoms with E-state index in [1.807, 2.05) is 4.57 Å². The van der Waals surface area contributed by atoms with Crippen LogP contribution in [0.3, 0.4) is 0 Å². The standard InChI is InChI=1S/C11H16N4O2/c16-11(17)8-2-1-3-9(8)14-4-5-15-7-12-13-10(15)6-14/h7-9H,1-6H2,(H,16,17). The molecule has 2 unspecified atom stereocenters. The number of aliphatic carboxylic acids is 1. The fourth-order valence-corrected chi connectivity index (χ4v) is 3.03. The highest BCUT2D eigenvalue weighted by atomic mass is 16.4. The van der Waals surface area contributed by atoms with Gasteiger partial charge in [-0.05, 0) is 12.8 Å². The van der Waals surface area contributed by atoms with Gasteiger partial charge in [0.2, 0.25) is 0 Å². The molecule has 0 bridgehead atoms. The molecule has 1 aliphatic heterocycles. The van der Waals surface area contributed by atoms with Crippen molar-refractivity contribution >= 4 is 5.97 Å². The van der Waals surface area contributed by atoms with Crippen molar-refractivity contribution in [3.05, 3.63) is 12.2 Å². The summed E-state index contributed by atoms with van der Waals surface area (Å²) in [5.41, 5.74) is 0. The lowest BCUT2D eigenvalue weighted by Gasteiger charge is -2.34. The summed E-state index contributed by atoms with van der Waals surface area (Å²) in [7, 11) is 0. The molecule has 0 saturated heterocycles. The number of rotatable bonds is 2. The Labute approximate surface area is 99.2 Å². The predicted molar refractivity (Wildman–Crippen MR) is 59.2 cm³/mol. The molecule has 1 aromatic rings. The molecule has 17 heavy (non-hydrogen) atoms. The van der Waals surface area contributed by atoms with E-state index < -0.39 is 5.97 Å². The Morgan fingerprint density at radius 3 is 3.12 bits per heavy atom. The van der Waals surface area contributed by atoms with Gasteiger partial charge in [-0.2, -0.15) is 0 Å². The zero-order chi connectivity index (χ0) is 11.8. The van der Waals surface area contributed by atoms with Crippen LogP contribution in [0.25, 0.3) is 0 Å². The molecular weight excluding hydrogens is 220 g/mol. The highest BCUT2D eigenvalue weighted by Gasteiger charge is 2.38. The molecule has 1 aromatic heterocycles. The molecule has 0 amide bonds. The summed E-state index contributed by atoms with van der Waals surface area (Å²) in [4.78, 5) is 13.5. The maximum absolute atomic E-state index is 11.2. The zero-order valence-electron chi connectivity index (χ0n) is 9.62. The molecule has 2 aliphatic rings. The topological polar surface area (TPSA) is 71.2 Å². The highest BCUT2D eigenvalue weighted by Crippen LogP contribution is 2.31. The molecule has 1 fully saturated rings. The van der Waals surface area contributed by atoms with Gasteiger partial charge in [0, 0.05) is 19.1 Å². The van der Waals surface area contributed by atoms with Gasteiger partial charge in [0.1, 0.15) is 12.2 Å². The maximum atomic E-state index is 11.2. The number of aromatic nitrogens is 3. The molecule has 0 aromatic carbocycles. The smallest absolute Gasteiger partial charge is 0.308 e. The lowest BCUT2D eigenvalue weighted by atomic mass is 10.0. The second-order valence-electron chi connectivity index (χ2n) is 4.85. The SMILES string of the molecule is O=C(O)C1CCCC1N1CCn2cnnc2C1. The second-order valence-corrected chi connectivity index (χ2v) is 4.85. The third kappa shape index (κ3) is 1.82. The number of carbonyl (C=O) groups is 1. The van der Waals surface area contributed by atoms with Crippen LogP contribution in [0.15, 0.2) is 6.33 Å². The second kappa shape index (κ2) is 4.10. The number of carboxylic acid groups (broad SMARTS) is 1. The van der Waals surface area contributed by atoms with E-state index in [9.17, 15) is 9.90 Å². The van der Waals surface area contributed by atoms with E-state index in [-0.39, 0.29) is 12.0 Å². The third-order valence-electron chi connectivity index (χ3n) is 3.93. The summed E-state index contributed by atoms with van der Waals surface area (Å²) >= 11 is 0. The lowest BCUT2D eigenvalue weighted by molar-refractivity contribution is -0.143. The third-order valence-corrected chi connectivity index (χ3v) is 3.93. The average molecular weight is 236 g/mol. The van der Waals surface area contributed by atoms with Gasteiger partial charge in [0.05, 0.1) is 12.5 Å². The first-order chi connectivity index (χ1) is 8.25. The van der Waals surface area contributed by atoms with E-state index in [1.54, 1.807) is 6.33 Å². The molecule has 1 aliphatic carbocycles. The number of hydrogen-bond acceptors (Lipinski definition) is 4. The van der Waals surface area contributed by atoms with Crippen molar-refractivity contribution in [2.24, 2.45) is 5.92 Å². The van der Waals surface area contributed by atoms with E-state index in [2.05, 4.69) is 15.1 Å². The van der Waals surface area contributed by atoms with Crippen LogP contribution in [0, 0.1) is 5.92 Å². The average Bonchev–Trinajstić information content (AvgIpc) is 2.96. The Hall–Kier alpha value is -1.43. The van der Waals surface area contributed by atoms with Crippen LogP contribution in [-0.2, 0) is 17.9 Å². The first-order valence-corrected chi connectivity index (χ1v) is 6.09. The first kappa shape index (κ1) is 10.7. The molecular formula is C11H16N4O2. The van der Waals surface area contributed by atoms with E-state index in [0.29, 0.717) is 0 Å². The molecule has 2 heterocycles. The number of fused-ring (bicyclic) bond motifs is 1. The van der Waals surface area contributed by atoms with Crippen LogP contribution in [0.1, 0.15) is 25.1 Å². The minimum Gasteiger partial charge on any atom is -0.481 e. The number of carboxylic acids is 1. The molecule has 6 nitrogen and oxygen atoms in total. The normalized spacial score (nSPS) is 29.2. The summed E-state index contributed by atoms with van der Waals surface area (Å²) in [6.45, 7) is 2.50. The number of nitrogens with zero attached hydrogens (tertiary/aromatic N) is 4. The summed E-state index contributed by atoms with van der Waals surface area (Å²) in [5.74, 6) is 0.0938. The van der Waals surface area contributed by atoms with Crippen LogP contribution in [0.2, 0.25) is 0 Å². The molecule has 3 rings (SSSR count). The highest BCUT2D eigenvalue weighted by molar-refractivity contribution is 5.71. The van der Waals surface area contributed by atoms with Crippen molar-refractivity contribution in [3.63, 3.8) is 0 Å². The molecule has 2 atom stereocenters. The Kier molecular flexibility index (Phi) is 2.58. The molecule has 0 spiro atoms. The van der Waals surface area contributed by atoms with Gasteiger partial charge in [0.15, 0.2) is 0 Å². The van der Waals surface area contributed by atoms with Gasteiger partial charge in [0.25, 0.3) is 0 Å². The van der Waals surface area contributed by atoms with Gasteiger partial charge in [-0.15, -0.1) is 10.2 Å². The van der Waals surface area contributed by atoms with Crippen molar-refractivity contribution < 1.29 is 9.90 Å². The Morgan fingerprint density at radius 1 is 1.41 bits per heavy atom. The van der Waals surface area contributed by atoms with Crippen molar-refractivity contribution in [1.29, 1.82) is 0 Å². The van der Waals surface area contributed by atoms with E-state index in [4.69, 9.17) is 0 Å². The van der Waals surface area contributed by atoms with Crippen molar-refractivity contribution in [2.45, 2.75) is 38.4 Å². The lowest BCUT2D eigenvalue weighted by Crippen LogP contribution is -2.44. The fraction of sp³-hybridized carbons (Fsp3) is 0.727. The van der Waals surface area contributed by atoms with Crippen LogP contribution < -0.4 is 0 Å². The van der Waals surface area contributed by atoms with Gasteiger partial charge >= 0.3 is 5.97 Å². The molecule has 1 saturated carbocycles. The Morgan fingerprint density at radius 2 is 2.29 bits per heavy atom. The summed E-state index contributed by atoms with van der Waals surface area (Å²) in [6, 6.07) is 0.179. The molecule has 0 radical (unpaired) electrons. The van der Waals surface area contributed by atoms with Gasteiger partial charge in [-0.1, -0.05) is 6.42 Å². The fourth-order valence-electron chi connectivity index (χ4n) is 3.03. The number of hydrogen-bond donors (Lipinski definition) is 1. The maximum Gasteiger partial charge on any atom is 0.308 e. The van der Waals surface area contributed by atoms with Crippen LogP contribution >= 0.6 is 0 Å². The minimum absolute atomic E-state index is 0.179. The van der Waals surface area contributed by atoms with Crippen molar-refractivity contribution in [1.82, 2.24) is 19.7 Å². The van der Waals surface area contributed by atoms with Crippen molar-refractivity contribution in [2.75, 3.05) is 6.54 Å². The van der Waals surface area contributed by atoms with Crippen molar-refractivity contribution in [3.8, 4) is 0 Å². The largest absolute Gasteiger partial charge is 0.481 e. The van der Waals surface area contributed by atoms with Crippen LogP contribution in [0.4, 0.5) is 0 Å². The van der Waals surface area contributed by atoms with Crippen LogP contribution in [-0.4, -0.2) is 43.3 Å². The monoisotopic (exact) mass is 236 g/mol. The summed E-state index contributed by atoms with van der Waals surface area (Å²) in [6.07, 6.45) is 4.56.